The van der Waals surface area contributed by atoms with E-state index in [1.807, 2.05) is 12.1 Å². The summed E-state index contributed by atoms with van der Waals surface area (Å²) >= 11 is 0. The second-order valence-corrected chi connectivity index (χ2v) is 5.09. The Hall–Kier alpha value is -1.58. The van der Waals surface area contributed by atoms with Crippen molar-refractivity contribution in [2.24, 2.45) is 5.92 Å². The van der Waals surface area contributed by atoms with Crippen molar-refractivity contribution in [3.63, 3.8) is 0 Å². The first-order valence-corrected chi connectivity index (χ1v) is 6.46. The molecule has 0 spiro atoms. The van der Waals surface area contributed by atoms with Gasteiger partial charge in [0.1, 0.15) is 5.76 Å². The van der Waals surface area contributed by atoms with Crippen LogP contribution in [0.2, 0.25) is 0 Å². The lowest BCUT2D eigenvalue weighted by molar-refractivity contribution is -0.138. The highest BCUT2D eigenvalue weighted by molar-refractivity contribution is 6.01. The van der Waals surface area contributed by atoms with E-state index in [1.54, 1.807) is 6.26 Å². The summed E-state index contributed by atoms with van der Waals surface area (Å²) in [6, 6.07) is 3.83. The lowest BCUT2D eigenvalue weighted by atomic mass is 9.90. The van der Waals surface area contributed by atoms with Crippen molar-refractivity contribution < 1.29 is 14.0 Å². The van der Waals surface area contributed by atoms with Gasteiger partial charge in [0.05, 0.1) is 6.26 Å². The van der Waals surface area contributed by atoms with E-state index in [1.165, 1.54) is 4.90 Å². The highest BCUT2D eigenvalue weighted by atomic mass is 16.3. The van der Waals surface area contributed by atoms with Gasteiger partial charge in [-0.25, -0.2) is 0 Å². The molecule has 1 fully saturated rings. The molecule has 1 aromatic heterocycles. The fourth-order valence-electron chi connectivity index (χ4n) is 2.45. The third-order valence-electron chi connectivity index (χ3n) is 3.53. The summed E-state index contributed by atoms with van der Waals surface area (Å²) in [5.41, 5.74) is 0. The zero-order chi connectivity index (χ0) is 13.1. The molecule has 1 saturated heterocycles. The quantitative estimate of drug-likeness (QED) is 0.753. The van der Waals surface area contributed by atoms with Crippen molar-refractivity contribution in [2.45, 2.75) is 39.0 Å². The Morgan fingerprint density at radius 3 is 2.44 bits per heavy atom. The molecule has 98 valence electrons. The first-order chi connectivity index (χ1) is 8.59. The van der Waals surface area contributed by atoms with Crippen LogP contribution in [-0.2, 0) is 9.59 Å². The van der Waals surface area contributed by atoms with Gasteiger partial charge in [-0.1, -0.05) is 13.8 Å². The Morgan fingerprint density at radius 2 is 1.94 bits per heavy atom. The van der Waals surface area contributed by atoms with Gasteiger partial charge in [0.15, 0.2) is 0 Å². The number of hydrogen-bond acceptors (Lipinski definition) is 3. The smallest absolute Gasteiger partial charge is 0.229 e. The summed E-state index contributed by atoms with van der Waals surface area (Å²) in [5.74, 6) is 1.53. The molecule has 4 heteroatoms. The second-order valence-electron chi connectivity index (χ2n) is 5.09. The number of amides is 2. The Bertz CT molecular complexity index is 406. The summed E-state index contributed by atoms with van der Waals surface area (Å²) in [7, 11) is 0. The Labute approximate surface area is 107 Å². The minimum Gasteiger partial charge on any atom is -0.469 e. The van der Waals surface area contributed by atoms with Crippen molar-refractivity contribution >= 4 is 11.8 Å². The maximum Gasteiger partial charge on any atom is 0.229 e. The highest BCUT2D eigenvalue weighted by Gasteiger charge is 2.30. The van der Waals surface area contributed by atoms with Crippen molar-refractivity contribution in [2.75, 3.05) is 6.54 Å². The van der Waals surface area contributed by atoms with Gasteiger partial charge in [-0.2, -0.15) is 0 Å². The monoisotopic (exact) mass is 249 g/mol. The average Bonchev–Trinajstić information content (AvgIpc) is 2.93. The normalized spacial score (nSPS) is 17.8. The highest BCUT2D eigenvalue weighted by Crippen LogP contribution is 2.29. The van der Waals surface area contributed by atoms with Gasteiger partial charge in [-0.3, -0.25) is 14.5 Å². The Morgan fingerprint density at radius 1 is 1.28 bits per heavy atom. The molecule has 0 aliphatic carbocycles. The Kier molecular flexibility index (Phi) is 3.84. The molecular weight excluding hydrogens is 230 g/mol. The van der Waals surface area contributed by atoms with Crippen LogP contribution in [-0.4, -0.2) is 23.3 Å². The van der Waals surface area contributed by atoms with Gasteiger partial charge in [0.2, 0.25) is 11.8 Å². The predicted molar refractivity (Wildman–Crippen MR) is 66.9 cm³/mol. The summed E-state index contributed by atoms with van der Waals surface area (Å²) in [5, 5.41) is 0. The van der Waals surface area contributed by atoms with E-state index in [4.69, 9.17) is 4.42 Å². The molecule has 0 radical (unpaired) electrons. The molecule has 0 saturated carbocycles. The van der Waals surface area contributed by atoms with Crippen LogP contribution < -0.4 is 0 Å². The first-order valence-electron chi connectivity index (χ1n) is 6.46. The van der Waals surface area contributed by atoms with Gasteiger partial charge in [0, 0.05) is 25.3 Å². The Balaban J connectivity index is 1.98. The summed E-state index contributed by atoms with van der Waals surface area (Å²) in [4.78, 5) is 24.5. The molecule has 0 N–H and O–H groups in total. The number of furan rings is 1. The standard InChI is InChI=1S/C14H19NO3/c1-10(2)11(12-4-3-9-18-12)7-8-15-13(16)5-6-14(15)17/h3-4,9-11H,5-8H2,1-2H3/t11-/m0/s1. The molecule has 1 atom stereocenters. The summed E-state index contributed by atoms with van der Waals surface area (Å²) < 4.78 is 5.44. The van der Waals surface area contributed by atoms with Crippen LogP contribution >= 0.6 is 0 Å². The third-order valence-corrected chi connectivity index (χ3v) is 3.53. The van der Waals surface area contributed by atoms with Gasteiger partial charge in [0.25, 0.3) is 0 Å². The van der Waals surface area contributed by atoms with Crippen LogP contribution in [0.3, 0.4) is 0 Å². The van der Waals surface area contributed by atoms with E-state index in [2.05, 4.69) is 13.8 Å². The maximum atomic E-state index is 11.5. The fourth-order valence-corrected chi connectivity index (χ4v) is 2.45. The lowest BCUT2D eigenvalue weighted by Crippen LogP contribution is -2.31. The molecule has 0 aromatic carbocycles. The van der Waals surface area contributed by atoms with E-state index < -0.39 is 0 Å². The van der Waals surface area contributed by atoms with Gasteiger partial charge >= 0.3 is 0 Å². The molecular formula is C14H19NO3. The van der Waals surface area contributed by atoms with Crippen molar-refractivity contribution in [3.8, 4) is 0 Å². The zero-order valence-electron chi connectivity index (χ0n) is 10.9. The number of carbonyl (C=O) groups is 2. The van der Waals surface area contributed by atoms with Gasteiger partial charge < -0.3 is 4.42 Å². The molecule has 1 aliphatic heterocycles. The van der Waals surface area contributed by atoms with Crippen LogP contribution in [0.15, 0.2) is 22.8 Å². The maximum absolute atomic E-state index is 11.5. The van der Waals surface area contributed by atoms with Crippen molar-refractivity contribution in [3.05, 3.63) is 24.2 Å². The topological polar surface area (TPSA) is 50.5 Å². The molecule has 0 unspecified atom stereocenters. The van der Waals surface area contributed by atoms with E-state index in [0.29, 0.717) is 25.3 Å². The van der Waals surface area contributed by atoms with Crippen LogP contribution in [0.5, 0.6) is 0 Å². The zero-order valence-corrected chi connectivity index (χ0v) is 10.9. The molecule has 0 bridgehead atoms. The molecule has 2 rings (SSSR count). The van der Waals surface area contributed by atoms with E-state index in [-0.39, 0.29) is 17.7 Å². The number of imide groups is 1. The number of rotatable bonds is 5. The second kappa shape index (κ2) is 5.38. The van der Waals surface area contributed by atoms with E-state index >= 15 is 0 Å². The molecule has 2 heterocycles. The average molecular weight is 249 g/mol. The first kappa shape index (κ1) is 12.9. The van der Waals surface area contributed by atoms with Crippen LogP contribution in [0.4, 0.5) is 0 Å². The number of likely N-dealkylation sites (tertiary alicyclic amines) is 1. The minimum atomic E-state index is -0.0399. The molecule has 2 amide bonds. The largest absolute Gasteiger partial charge is 0.469 e. The lowest BCUT2D eigenvalue weighted by Gasteiger charge is -2.21. The van der Waals surface area contributed by atoms with Crippen LogP contribution in [0.1, 0.15) is 44.8 Å². The number of hydrogen-bond donors (Lipinski definition) is 0. The fraction of sp³-hybridized carbons (Fsp3) is 0.571. The summed E-state index contributed by atoms with van der Waals surface area (Å²) in [6.07, 6.45) is 3.16. The van der Waals surface area contributed by atoms with Gasteiger partial charge in [-0.05, 0) is 24.5 Å². The number of carbonyl (C=O) groups excluding carboxylic acids is 2. The van der Waals surface area contributed by atoms with E-state index in [9.17, 15) is 9.59 Å². The van der Waals surface area contributed by atoms with E-state index in [0.717, 1.165) is 12.2 Å². The van der Waals surface area contributed by atoms with Crippen molar-refractivity contribution in [1.29, 1.82) is 0 Å². The molecule has 1 aromatic rings. The SMILES string of the molecule is CC(C)[C@H](CCN1C(=O)CCC1=O)c1ccco1. The summed E-state index contributed by atoms with van der Waals surface area (Å²) in [6.45, 7) is 4.75. The number of nitrogens with zero attached hydrogens (tertiary/aromatic N) is 1. The third kappa shape index (κ3) is 2.63. The van der Waals surface area contributed by atoms with Crippen LogP contribution in [0, 0.1) is 5.92 Å². The molecule has 1 aliphatic rings. The van der Waals surface area contributed by atoms with Crippen LogP contribution in [0.25, 0.3) is 0 Å². The van der Waals surface area contributed by atoms with Gasteiger partial charge in [-0.15, -0.1) is 0 Å². The van der Waals surface area contributed by atoms with Crippen molar-refractivity contribution in [1.82, 2.24) is 4.90 Å². The molecule has 18 heavy (non-hydrogen) atoms. The minimum absolute atomic E-state index is 0.0399. The molecule has 4 nitrogen and oxygen atoms in total. The predicted octanol–water partition coefficient (Wildman–Crippen LogP) is 2.56.